The molecule has 0 aliphatic carbocycles. The molecule has 0 saturated heterocycles. The van der Waals surface area contributed by atoms with Crippen LogP contribution in [0.5, 0.6) is 5.88 Å². The summed E-state index contributed by atoms with van der Waals surface area (Å²) in [4.78, 5) is 4.03. The molecule has 0 spiro atoms. The Morgan fingerprint density at radius 3 is 2.91 bits per heavy atom. The molecule has 1 aromatic rings. The smallest absolute Gasteiger partial charge is 0.213 e. The number of ether oxygens (including phenoxy) is 1. The number of aliphatic hydroxyl groups is 1. The molecule has 0 unspecified atom stereocenters. The number of pyridine rings is 1. The van der Waals surface area contributed by atoms with Crippen LogP contribution in [-0.4, -0.2) is 17.2 Å². The van der Waals surface area contributed by atoms with E-state index in [9.17, 15) is 0 Å². The minimum absolute atomic E-state index is 0.0462. The van der Waals surface area contributed by atoms with E-state index in [2.05, 4.69) is 27.6 Å². The largest absolute Gasteiger partial charge is 0.481 e. The summed E-state index contributed by atoms with van der Waals surface area (Å²) in [6.07, 6.45) is 0. The molecule has 3 nitrogen and oxygen atoms in total. The molecule has 1 N–H and O–H groups in total. The van der Waals surface area contributed by atoms with Crippen molar-refractivity contribution >= 4 is 22.6 Å². The van der Waals surface area contributed by atoms with Gasteiger partial charge in [-0.15, -0.1) is 0 Å². The number of aliphatic hydroxyl groups excluding tert-OH is 1. The Hall–Kier alpha value is -0.360. The molecule has 0 aliphatic rings. The molecule has 0 atom stereocenters. The molecule has 1 heterocycles. The van der Waals surface area contributed by atoms with Crippen LogP contribution in [0, 0.1) is 3.57 Å². The summed E-state index contributed by atoms with van der Waals surface area (Å²) >= 11 is 2.12. The Kier molecular flexibility index (Phi) is 3.07. The lowest BCUT2D eigenvalue weighted by Crippen LogP contribution is -1.96. The molecule has 0 aromatic carbocycles. The molecule has 0 amide bonds. The van der Waals surface area contributed by atoms with Gasteiger partial charge in [-0.1, -0.05) is 0 Å². The third kappa shape index (κ3) is 2.03. The summed E-state index contributed by atoms with van der Waals surface area (Å²) in [6.45, 7) is -0.0462. The molecule has 0 saturated carbocycles. The number of hydrogen-bond acceptors (Lipinski definition) is 3. The number of nitrogens with zero attached hydrogens (tertiary/aromatic N) is 1. The first-order chi connectivity index (χ1) is 5.27. The van der Waals surface area contributed by atoms with Gasteiger partial charge in [0.2, 0.25) is 5.88 Å². The average Bonchev–Trinajstić information content (AvgIpc) is 2.05. The van der Waals surface area contributed by atoms with E-state index >= 15 is 0 Å². The molecule has 1 rings (SSSR count). The van der Waals surface area contributed by atoms with Crippen molar-refractivity contribution < 1.29 is 9.84 Å². The summed E-state index contributed by atoms with van der Waals surface area (Å²) in [5.41, 5.74) is 0.657. The van der Waals surface area contributed by atoms with Gasteiger partial charge in [-0.3, -0.25) is 0 Å². The lowest BCUT2D eigenvalue weighted by Gasteiger charge is -2.02. The van der Waals surface area contributed by atoms with E-state index in [4.69, 9.17) is 9.84 Å². The lowest BCUT2D eigenvalue weighted by molar-refractivity contribution is 0.273. The topological polar surface area (TPSA) is 42.4 Å². The van der Waals surface area contributed by atoms with Crippen molar-refractivity contribution in [3.05, 3.63) is 21.4 Å². The Labute approximate surface area is 78.6 Å². The first-order valence-electron chi connectivity index (χ1n) is 3.08. The fraction of sp³-hybridized carbons (Fsp3) is 0.286. The predicted molar refractivity (Wildman–Crippen MR) is 49.4 cm³/mol. The van der Waals surface area contributed by atoms with Crippen LogP contribution in [0.4, 0.5) is 0 Å². The van der Waals surface area contributed by atoms with E-state index in [1.54, 1.807) is 13.2 Å². The molecule has 4 heteroatoms. The maximum Gasteiger partial charge on any atom is 0.213 e. The quantitative estimate of drug-likeness (QED) is 0.817. The molecule has 11 heavy (non-hydrogen) atoms. The highest BCUT2D eigenvalue weighted by Gasteiger charge is 2.00. The first kappa shape index (κ1) is 8.73. The van der Waals surface area contributed by atoms with Gasteiger partial charge in [-0.2, -0.15) is 0 Å². The summed E-state index contributed by atoms with van der Waals surface area (Å²) in [6, 6.07) is 3.62. The summed E-state index contributed by atoms with van der Waals surface area (Å²) in [7, 11) is 1.55. The number of halogens is 1. The van der Waals surface area contributed by atoms with Crippen molar-refractivity contribution in [3.8, 4) is 5.88 Å². The van der Waals surface area contributed by atoms with Crippen LogP contribution in [0.15, 0.2) is 12.1 Å². The van der Waals surface area contributed by atoms with E-state index in [-0.39, 0.29) is 6.61 Å². The minimum Gasteiger partial charge on any atom is -0.481 e. The zero-order chi connectivity index (χ0) is 8.27. The van der Waals surface area contributed by atoms with Crippen LogP contribution in [-0.2, 0) is 6.61 Å². The van der Waals surface area contributed by atoms with Gasteiger partial charge in [0.05, 0.1) is 19.4 Å². The van der Waals surface area contributed by atoms with Crippen molar-refractivity contribution in [2.45, 2.75) is 6.61 Å². The second-order valence-electron chi connectivity index (χ2n) is 1.94. The zero-order valence-electron chi connectivity index (χ0n) is 6.04. The maximum absolute atomic E-state index is 8.82. The van der Waals surface area contributed by atoms with Crippen LogP contribution in [0.2, 0.25) is 0 Å². The zero-order valence-corrected chi connectivity index (χ0v) is 8.20. The highest BCUT2D eigenvalue weighted by atomic mass is 127. The minimum atomic E-state index is -0.0462. The lowest BCUT2D eigenvalue weighted by atomic mass is 10.4. The van der Waals surface area contributed by atoms with E-state index in [1.165, 1.54) is 0 Å². The van der Waals surface area contributed by atoms with E-state index in [1.807, 2.05) is 6.07 Å². The molecular formula is C7H8INO2. The van der Waals surface area contributed by atoms with E-state index < -0.39 is 0 Å². The SMILES string of the molecule is COc1ccc(I)c(CO)n1. The Bertz CT molecular complexity index is 252. The molecule has 1 aromatic heterocycles. The summed E-state index contributed by atoms with van der Waals surface area (Å²) < 4.78 is 5.84. The Morgan fingerprint density at radius 1 is 1.64 bits per heavy atom. The molecule has 0 radical (unpaired) electrons. The van der Waals surface area contributed by atoms with Crippen molar-refractivity contribution in [1.29, 1.82) is 0 Å². The summed E-state index contributed by atoms with van der Waals surface area (Å²) in [5.74, 6) is 0.537. The highest BCUT2D eigenvalue weighted by molar-refractivity contribution is 14.1. The molecule has 0 aliphatic heterocycles. The van der Waals surface area contributed by atoms with Crippen LogP contribution < -0.4 is 4.74 Å². The Morgan fingerprint density at radius 2 is 2.36 bits per heavy atom. The van der Waals surface area contributed by atoms with Gasteiger partial charge in [0.1, 0.15) is 0 Å². The number of rotatable bonds is 2. The number of methoxy groups -OCH3 is 1. The van der Waals surface area contributed by atoms with Crippen molar-refractivity contribution in [2.75, 3.05) is 7.11 Å². The fourth-order valence-corrected chi connectivity index (χ4v) is 1.16. The van der Waals surface area contributed by atoms with Gasteiger partial charge in [0.15, 0.2) is 0 Å². The van der Waals surface area contributed by atoms with Crippen molar-refractivity contribution in [2.24, 2.45) is 0 Å². The molecule has 0 fully saturated rings. The first-order valence-corrected chi connectivity index (χ1v) is 4.16. The van der Waals surface area contributed by atoms with E-state index in [0.717, 1.165) is 3.57 Å². The molecule has 60 valence electrons. The second-order valence-corrected chi connectivity index (χ2v) is 3.10. The normalized spacial score (nSPS) is 9.73. The fourth-order valence-electron chi connectivity index (χ4n) is 0.689. The second kappa shape index (κ2) is 3.87. The highest BCUT2D eigenvalue weighted by Crippen LogP contribution is 2.14. The standard InChI is InChI=1S/C7H8INO2/c1-11-7-3-2-5(8)6(4-10)9-7/h2-3,10H,4H2,1H3. The van der Waals surface area contributed by atoms with Gasteiger partial charge in [0.25, 0.3) is 0 Å². The number of aromatic nitrogens is 1. The van der Waals surface area contributed by atoms with E-state index in [0.29, 0.717) is 11.6 Å². The van der Waals surface area contributed by atoms with Crippen molar-refractivity contribution in [3.63, 3.8) is 0 Å². The van der Waals surface area contributed by atoms with Crippen molar-refractivity contribution in [1.82, 2.24) is 4.98 Å². The Balaban J connectivity index is 3.02. The van der Waals surface area contributed by atoms with Crippen LogP contribution in [0.1, 0.15) is 5.69 Å². The predicted octanol–water partition coefficient (Wildman–Crippen LogP) is 1.19. The van der Waals surface area contributed by atoms with Gasteiger partial charge in [-0.05, 0) is 28.7 Å². The maximum atomic E-state index is 8.82. The van der Waals surface area contributed by atoms with Gasteiger partial charge in [-0.25, -0.2) is 4.98 Å². The molecule has 0 bridgehead atoms. The average molecular weight is 265 g/mol. The molecular weight excluding hydrogens is 257 g/mol. The number of hydrogen-bond donors (Lipinski definition) is 1. The van der Waals surface area contributed by atoms with Gasteiger partial charge < -0.3 is 9.84 Å². The van der Waals surface area contributed by atoms with Gasteiger partial charge in [0, 0.05) is 9.64 Å². The third-order valence-corrected chi connectivity index (χ3v) is 2.23. The third-order valence-electron chi connectivity index (χ3n) is 1.25. The summed E-state index contributed by atoms with van der Waals surface area (Å²) in [5, 5.41) is 8.82. The van der Waals surface area contributed by atoms with Crippen LogP contribution in [0.3, 0.4) is 0 Å². The van der Waals surface area contributed by atoms with Gasteiger partial charge >= 0.3 is 0 Å². The van der Waals surface area contributed by atoms with Crippen LogP contribution >= 0.6 is 22.6 Å². The van der Waals surface area contributed by atoms with Crippen LogP contribution in [0.25, 0.3) is 0 Å². The monoisotopic (exact) mass is 265 g/mol.